The maximum atomic E-state index is 10.7. The average Bonchev–Trinajstić information content (AvgIpc) is 2.71. The zero-order valence-electron chi connectivity index (χ0n) is 8.12. The molecule has 0 spiro atoms. The lowest BCUT2D eigenvalue weighted by molar-refractivity contribution is -0.137. The van der Waals surface area contributed by atoms with Crippen LogP contribution in [0.2, 0.25) is 0 Å². The Hall–Kier alpha value is -1.69. The molecule has 6 heteroatoms. The normalized spacial score (nSPS) is 19.5. The number of hydrogen-bond acceptors (Lipinski definition) is 5. The minimum Gasteiger partial charge on any atom is -0.504 e. The van der Waals surface area contributed by atoms with Gasteiger partial charge in [-0.05, 0) is 12.1 Å². The quantitative estimate of drug-likeness (QED) is 0.671. The van der Waals surface area contributed by atoms with Crippen LogP contribution < -0.4 is 0 Å². The fraction of sp³-hybridized carbons (Fsp3) is 0.200. The lowest BCUT2D eigenvalue weighted by Crippen LogP contribution is -2.17. The summed E-state index contributed by atoms with van der Waals surface area (Å²) in [6, 6.07) is 3.74. The van der Waals surface area contributed by atoms with Crippen molar-refractivity contribution >= 4 is 22.8 Å². The van der Waals surface area contributed by atoms with Crippen molar-refractivity contribution in [2.45, 2.75) is 6.04 Å². The number of phenols is 2. The molecule has 0 aromatic heterocycles. The molecule has 1 heterocycles. The van der Waals surface area contributed by atoms with Crippen molar-refractivity contribution in [3.8, 4) is 11.5 Å². The zero-order chi connectivity index (χ0) is 11.7. The Balaban J connectivity index is 2.36. The molecule has 3 N–H and O–H groups in total. The fourth-order valence-electron chi connectivity index (χ4n) is 1.35. The number of carbonyl (C=O) groups is 1. The second kappa shape index (κ2) is 4.05. The van der Waals surface area contributed by atoms with E-state index in [4.69, 9.17) is 5.11 Å². The van der Waals surface area contributed by atoms with Gasteiger partial charge in [-0.15, -0.1) is 11.8 Å². The van der Waals surface area contributed by atoms with Crippen molar-refractivity contribution in [2.24, 2.45) is 4.99 Å². The maximum absolute atomic E-state index is 10.7. The van der Waals surface area contributed by atoms with Crippen LogP contribution in [-0.4, -0.2) is 38.1 Å². The number of aromatic hydroxyl groups is 2. The smallest absolute Gasteiger partial charge is 0.329 e. The van der Waals surface area contributed by atoms with Crippen LogP contribution in [0.1, 0.15) is 5.56 Å². The molecule has 1 aromatic carbocycles. The van der Waals surface area contributed by atoms with Crippen LogP contribution in [0.15, 0.2) is 23.2 Å². The summed E-state index contributed by atoms with van der Waals surface area (Å²) < 4.78 is 0. The van der Waals surface area contributed by atoms with Crippen LogP contribution in [0.25, 0.3) is 0 Å². The molecule has 84 valence electrons. The number of para-hydroxylation sites is 1. The van der Waals surface area contributed by atoms with Gasteiger partial charge < -0.3 is 15.3 Å². The van der Waals surface area contributed by atoms with E-state index in [9.17, 15) is 15.0 Å². The Morgan fingerprint density at radius 2 is 2.19 bits per heavy atom. The third-order valence-corrected chi connectivity index (χ3v) is 3.26. The largest absolute Gasteiger partial charge is 0.504 e. The summed E-state index contributed by atoms with van der Waals surface area (Å²) in [7, 11) is 0. The van der Waals surface area contributed by atoms with Crippen molar-refractivity contribution < 1.29 is 20.1 Å². The molecular weight excluding hydrogens is 230 g/mol. The van der Waals surface area contributed by atoms with E-state index in [1.165, 1.54) is 17.8 Å². The lowest BCUT2D eigenvalue weighted by Gasteiger charge is -2.04. The highest BCUT2D eigenvalue weighted by Gasteiger charge is 2.26. The van der Waals surface area contributed by atoms with Crippen molar-refractivity contribution in [1.82, 2.24) is 0 Å². The monoisotopic (exact) mass is 239 g/mol. The number of phenolic OH excluding ortho intramolecular Hbond substituents is 2. The average molecular weight is 239 g/mol. The predicted octanol–water partition coefficient (Wildman–Crippen LogP) is 1.04. The zero-order valence-corrected chi connectivity index (χ0v) is 8.94. The van der Waals surface area contributed by atoms with Crippen molar-refractivity contribution in [3.63, 3.8) is 0 Å². The number of nitrogens with zero attached hydrogens (tertiary/aromatic N) is 1. The second-order valence-electron chi connectivity index (χ2n) is 3.27. The topological polar surface area (TPSA) is 90.1 Å². The highest BCUT2D eigenvalue weighted by atomic mass is 32.2. The SMILES string of the molecule is O=C(O)C1CSC(c2cccc(O)c2O)=N1. The Bertz CT molecular complexity index is 472. The van der Waals surface area contributed by atoms with Crippen molar-refractivity contribution in [2.75, 3.05) is 5.75 Å². The maximum Gasteiger partial charge on any atom is 0.329 e. The number of benzene rings is 1. The number of aliphatic carboxylic acids is 1. The molecule has 5 nitrogen and oxygen atoms in total. The summed E-state index contributed by atoms with van der Waals surface area (Å²) in [5.41, 5.74) is 0.369. The summed E-state index contributed by atoms with van der Waals surface area (Å²) in [6.45, 7) is 0. The van der Waals surface area contributed by atoms with E-state index < -0.39 is 12.0 Å². The van der Waals surface area contributed by atoms with Crippen LogP contribution in [-0.2, 0) is 4.79 Å². The van der Waals surface area contributed by atoms with E-state index >= 15 is 0 Å². The first-order valence-electron chi connectivity index (χ1n) is 4.54. The molecule has 0 amide bonds. The van der Waals surface area contributed by atoms with Crippen LogP contribution in [0.3, 0.4) is 0 Å². The standard InChI is InChI=1S/C10H9NO4S/c12-7-3-1-2-5(8(7)13)9-11-6(4-16-9)10(14)15/h1-3,6,12-13H,4H2,(H,14,15). The molecule has 0 saturated carbocycles. The minimum atomic E-state index is -0.984. The van der Waals surface area contributed by atoms with E-state index in [-0.39, 0.29) is 11.5 Å². The molecule has 16 heavy (non-hydrogen) atoms. The summed E-state index contributed by atoms with van der Waals surface area (Å²) in [6.07, 6.45) is 0. The van der Waals surface area contributed by atoms with Gasteiger partial charge in [0.15, 0.2) is 17.5 Å². The van der Waals surface area contributed by atoms with Crippen LogP contribution in [0.4, 0.5) is 0 Å². The highest BCUT2D eigenvalue weighted by Crippen LogP contribution is 2.34. The Kier molecular flexibility index (Phi) is 2.74. The van der Waals surface area contributed by atoms with Gasteiger partial charge in [-0.1, -0.05) is 6.07 Å². The van der Waals surface area contributed by atoms with Gasteiger partial charge in [0, 0.05) is 5.75 Å². The minimum absolute atomic E-state index is 0.237. The molecule has 2 rings (SSSR count). The van der Waals surface area contributed by atoms with E-state index in [1.807, 2.05) is 0 Å². The van der Waals surface area contributed by atoms with Crippen molar-refractivity contribution in [3.05, 3.63) is 23.8 Å². The Morgan fingerprint density at radius 1 is 1.44 bits per heavy atom. The molecule has 0 radical (unpaired) electrons. The predicted molar refractivity (Wildman–Crippen MR) is 60.2 cm³/mol. The summed E-state index contributed by atoms with van der Waals surface area (Å²) in [4.78, 5) is 14.7. The molecular formula is C10H9NO4S. The molecule has 0 fully saturated rings. The Labute approximate surface area is 95.4 Å². The van der Waals surface area contributed by atoms with Gasteiger partial charge in [-0.3, -0.25) is 4.99 Å². The van der Waals surface area contributed by atoms with E-state index in [0.717, 1.165) is 0 Å². The molecule has 1 atom stereocenters. The first-order chi connectivity index (χ1) is 7.59. The second-order valence-corrected chi connectivity index (χ2v) is 4.28. The van der Waals surface area contributed by atoms with Gasteiger partial charge in [0.25, 0.3) is 0 Å². The lowest BCUT2D eigenvalue weighted by atomic mass is 10.2. The highest BCUT2D eigenvalue weighted by molar-refractivity contribution is 8.14. The van der Waals surface area contributed by atoms with Gasteiger partial charge in [0.1, 0.15) is 5.04 Å². The number of thioether (sulfide) groups is 1. The van der Waals surface area contributed by atoms with Gasteiger partial charge in [0.2, 0.25) is 0 Å². The molecule has 1 unspecified atom stereocenters. The van der Waals surface area contributed by atoms with E-state index in [1.54, 1.807) is 12.1 Å². The van der Waals surface area contributed by atoms with E-state index in [2.05, 4.69) is 4.99 Å². The molecule has 0 aliphatic carbocycles. The van der Waals surface area contributed by atoms with E-state index in [0.29, 0.717) is 16.4 Å². The summed E-state index contributed by atoms with van der Waals surface area (Å²) >= 11 is 1.25. The number of carboxylic acids is 1. The van der Waals surface area contributed by atoms with Gasteiger partial charge in [0.05, 0.1) is 5.56 Å². The molecule has 0 bridgehead atoms. The van der Waals surface area contributed by atoms with Crippen LogP contribution in [0.5, 0.6) is 11.5 Å². The third kappa shape index (κ3) is 1.83. The number of hydrogen-bond donors (Lipinski definition) is 3. The van der Waals surface area contributed by atoms with Crippen LogP contribution >= 0.6 is 11.8 Å². The van der Waals surface area contributed by atoms with Crippen molar-refractivity contribution in [1.29, 1.82) is 0 Å². The Morgan fingerprint density at radius 3 is 2.81 bits per heavy atom. The van der Waals surface area contributed by atoms with Crippen LogP contribution in [0, 0.1) is 0 Å². The number of aliphatic imine (C=N–C) groups is 1. The summed E-state index contributed by atoms with van der Waals surface area (Å²) in [5, 5.41) is 28.1. The third-order valence-electron chi connectivity index (χ3n) is 2.18. The molecule has 0 saturated heterocycles. The molecule has 1 aliphatic rings. The van der Waals surface area contributed by atoms with Gasteiger partial charge in [-0.25, -0.2) is 4.79 Å². The fourth-order valence-corrected chi connectivity index (χ4v) is 2.41. The van der Waals surface area contributed by atoms with Gasteiger partial charge >= 0.3 is 5.97 Å². The number of carboxylic acid groups (broad SMARTS) is 1. The molecule has 1 aliphatic heterocycles. The summed E-state index contributed by atoms with van der Waals surface area (Å²) in [5.74, 6) is -1.14. The first kappa shape index (κ1) is 10.8. The number of rotatable bonds is 2. The first-order valence-corrected chi connectivity index (χ1v) is 5.53. The van der Waals surface area contributed by atoms with Gasteiger partial charge in [-0.2, -0.15) is 0 Å². The molecule has 1 aromatic rings.